The van der Waals surface area contributed by atoms with E-state index in [0.717, 1.165) is 12.8 Å². The maximum atomic E-state index is 12.0. The zero-order chi connectivity index (χ0) is 14.5. The topological polar surface area (TPSA) is 69.6 Å². The smallest absolute Gasteiger partial charge is 0.324 e. The van der Waals surface area contributed by atoms with Crippen LogP contribution in [0.5, 0.6) is 0 Å². The van der Waals surface area contributed by atoms with E-state index in [1.165, 1.54) is 0 Å². The third-order valence-corrected chi connectivity index (χ3v) is 3.87. The van der Waals surface area contributed by atoms with Crippen LogP contribution in [0.3, 0.4) is 0 Å². The van der Waals surface area contributed by atoms with Crippen LogP contribution in [0.15, 0.2) is 12.7 Å². The molecule has 1 aliphatic heterocycles. The molecule has 0 spiro atoms. The van der Waals surface area contributed by atoms with Gasteiger partial charge in [-0.2, -0.15) is 0 Å². The minimum absolute atomic E-state index is 0.136. The van der Waals surface area contributed by atoms with Gasteiger partial charge in [-0.1, -0.05) is 19.4 Å². The molecular formula is C14H24N2O3. The lowest BCUT2D eigenvalue weighted by Crippen LogP contribution is -2.57. The van der Waals surface area contributed by atoms with Crippen molar-refractivity contribution < 1.29 is 14.7 Å². The number of hydrogen-bond acceptors (Lipinski definition) is 3. The van der Waals surface area contributed by atoms with Crippen LogP contribution in [-0.4, -0.2) is 46.6 Å². The quantitative estimate of drug-likeness (QED) is 0.685. The Bertz CT molecular complexity index is 357. The lowest BCUT2D eigenvalue weighted by atomic mass is 9.89. The first kappa shape index (κ1) is 15.7. The van der Waals surface area contributed by atoms with E-state index in [9.17, 15) is 14.7 Å². The zero-order valence-corrected chi connectivity index (χ0v) is 11.8. The second kappa shape index (κ2) is 6.70. The van der Waals surface area contributed by atoms with E-state index >= 15 is 0 Å². The summed E-state index contributed by atoms with van der Waals surface area (Å²) in [4.78, 5) is 25.5. The van der Waals surface area contributed by atoms with Gasteiger partial charge in [0.2, 0.25) is 5.91 Å². The highest BCUT2D eigenvalue weighted by molar-refractivity contribution is 5.84. The number of aliphatic carboxylic acids is 1. The van der Waals surface area contributed by atoms with Crippen LogP contribution in [0.4, 0.5) is 0 Å². The van der Waals surface area contributed by atoms with Crippen LogP contribution in [0.1, 0.15) is 39.5 Å². The Balaban J connectivity index is 2.86. The molecule has 0 aromatic carbocycles. The third-order valence-electron chi connectivity index (χ3n) is 3.87. The van der Waals surface area contributed by atoms with Crippen LogP contribution in [0.25, 0.3) is 0 Å². The van der Waals surface area contributed by atoms with Crippen molar-refractivity contribution >= 4 is 11.9 Å². The summed E-state index contributed by atoms with van der Waals surface area (Å²) in [6.45, 7) is 8.37. The minimum atomic E-state index is -0.875. The number of carboxylic acids is 1. The Morgan fingerprint density at radius 1 is 1.58 bits per heavy atom. The second-order valence-electron chi connectivity index (χ2n) is 5.09. The maximum absolute atomic E-state index is 12.0. The molecule has 0 aromatic rings. The van der Waals surface area contributed by atoms with Crippen molar-refractivity contribution in [2.45, 2.75) is 51.1 Å². The van der Waals surface area contributed by atoms with Gasteiger partial charge in [0, 0.05) is 13.1 Å². The van der Waals surface area contributed by atoms with Crippen molar-refractivity contribution in [2.24, 2.45) is 0 Å². The largest absolute Gasteiger partial charge is 0.480 e. The Labute approximate surface area is 114 Å². The summed E-state index contributed by atoms with van der Waals surface area (Å²) in [7, 11) is 0. The fraction of sp³-hybridized carbons (Fsp3) is 0.714. The summed E-state index contributed by atoms with van der Waals surface area (Å²) >= 11 is 0. The normalized spacial score (nSPS) is 24.9. The van der Waals surface area contributed by atoms with E-state index < -0.39 is 17.6 Å². The fourth-order valence-corrected chi connectivity index (χ4v) is 2.94. The first-order valence-electron chi connectivity index (χ1n) is 6.88. The molecular weight excluding hydrogens is 244 g/mol. The number of hydrogen-bond donors (Lipinski definition) is 2. The van der Waals surface area contributed by atoms with E-state index in [1.807, 2.05) is 11.8 Å². The molecule has 2 unspecified atom stereocenters. The molecule has 0 aromatic heterocycles. The van der Waals surface area contributed by atoms with E-state index in [0.29, 0.717) is 25.9 Å². The summed E-state index contributed by atoms with van der Waals surface area (Å²) in [6, 6.07) is -0.426. The van der Waals surface area contributed by atoms with Crippen LogP contribution in [-0.2, 0) is 9.59 Å². The number of likely N-dealkylation sites (tertiary alicyclic amines) is 1. The van der Waals surface area contributed by atoms with Gasteiger partial charge in [0.05, 0.1) is 6.04 Å². The highest BCUT2D eigenvalue weighted by Gasteiger charge is 2.49. The Morgan fingerprint density at radius 2 is 2.26 bits per heavy atom. The number of carboxylic acid groups (broad SMARTS) is 1. The van der Waals surface area contributed by atoms with Crippen molar-refractivity contribution in [3.63, 3.8) is 0 Å². The SMILES string of the molecule is C=CCNC(=O)C(C)N1CCCC1(CCC)C(=O)O. The number of amides is 1. The summed E-state index contributed by atoms with van der Waals surface area (Å²) in [5.74, 6) is -0.946. The molecule has 5 nitrogen and oxygen atoms in total. The van der Waals surface area contributed by atoms with E-state index in [4.69, 9.17) is 0 Å². The second-order valence-corrected chi connectivity index (χ2v) is 5.09. The van der Waals surface area contributed by atoms with Gasteiger partial charge in [0.25, 0.3) is 0 Å². The number of rotatable bonds is 7. The van der Waals surface area contributed by atoms with Crippen LogP contribution >= 0.6 is 0 Å². The van der Waals surface area contributed by atoms with Crippen molar-refractivity contribution in [1.29, 1.82) is 0 Å². The molecule has 2 N–H and O–H groups in total. The van der Waals surface area contributed by atoms with Crippen molar-refractivity contribution in [1.82, 2.24) is 10.2 Å². The monoisotopic (exact) mass is 268 g/mol. The predicted molar refractivity (Wildman–Crippen MR) is 73.9 cm³/mol. The molecule has 0 bridgehead atoms. The van der Waals surface area contributed by atoms with E-state index in [2.05, 4.69) is 11.9 Å². The average molecular weight is 268 g/mol. The summed E-state index contributed by atoms with van der Waals surface area (Å²) in [6.07, 6.45) is 4.44. The predicted octanol–water partition coefficient (Wildman–Crippen LogP) is 1.40. The molecule has 1 aliphatic rings. The van der Waals surface area contributed by atoms with Crippen LogP contribution in [0, 0.1) is 0 Å². The first-order chi connectivity index (χ1) is 8.99. The third kappa shape index (κ3) is 3.15. The molecule has 0 aliphatic carbocycles. The molecule has 1 heterocycles. The van der Waals surface area contributed by atoms with Gasteiger partial charge in [-0.15, -0.1) is 6.58 Å². The average Bonchev–Trinajstić information content (AvgIpc) is 2.80. The van der Waals surface area contributed by atoms with Crippen molar-refractivity contribution in [3.8, 4) is 0 Å². The molecule has 1 saturated heterocycles. The van der Waals surface area contributed by atoms with Gasteiger partial charge in [0.1, 0.15) is 5.54 Å². The lowest BCUT2D eigenvalue weighted by molar-refractivity contribution is -0.153. The first-order valence-corrected chi connectivity index (χ1v) is 6.88. The molecule has 0 radical (unpaired) electrons. The highest BCUT2D eigenvalue weighted by Crippen LogP contribution is 2.35. The lowest BCUT2D eigenvalue weighted by Gasteiger charge is -2.38. The molecule has 19 heavy (non-hydrogen) atoms. The van der Waals surface area contributed by atoms with Crippen molar-refractivity contribution in [3.05, 3.63) is 12.7 Å². The van der Waals surface area contributed by atoms with Crippen LogP contribution < -0.4 is 5.32 Å². The summed E-state index contributed by atoms with van der Waals surface area (Å²) < 4.78 is 0. The van der Waals surface area contributed by atoms with Crippen LogP contribution in [0.2, 0.25) is 0 Å². The van der Waals surface area contributed by atoms with Gasteiger partial charge in [-0.3, -0.25) is 14.5 Å². The molecule has 1 fully saturated rings. The molecule has 108 valence electrons. The van der Waals surface area contributed by atoms with Gasteiger partial charge >= 0.3 is 5.97 Å². The Kier molecular flexibility index (Phi) is 5.54. The van der Waals surface area contributed by atoms with Gasteiger partial charge in [-0.25, -0.2) is 0 Å². The standard InChI is InChI=1S/C14H24N2O3/c1-4-7-14(13(18)19)8-6-10-16(14)11(3)12(17)15-9-5-2/h5,11H,2,4,6-10H2,1,3H3,(H,15,17)(H,18,19). The summed E-state index contributed by atoms with van der Waals surface area (Å²) in [5, 5.41) is 12.3. The highest BCUT2D eigenvalue weighted by atomic mass is 16.4. The minimum Gasteiger partial charge on any atom is -0.480 e. The number of nitrogens with zero attached hydrogens (tertiary/aromatic N) is 1. The number of carbonyl (C=O) groups is 2. The van der Waals surface area contributed by atoms with Gasteiger partial charge in [0.15, 0.2) is 0 Å². The zero-order valence-electron chi connectivity index (χ0n) is 11.8. The van der Waals surface area contributed by atoms with Gasteiger partial charge < -0.3 is 10.4 Å². The molecule has 2 atom stereocenters. The van der Waals surface area contributed by atoms with E-state index in [1.54, 1.807) is 13.0 Å². The fourth-order valence-electron chi connectivity index (χ4n) is 2.94. The molecule has 0 saturated carbocycles. The maximum Gasteiger partial charge on any atom is 0.324 e. The Hall–Kier alpha value is -1.36. The number of nitrogens with one attached hydrogen (secondary N) is 1. The van der Waals surface area contributed by atoms with Crippen molar-refractivity contribution in [2.75, 3.05) is 13.1 Å². The van der Waals surface area contributed by atoms with Gasteiger partial charge in [-0.05, 0) is 26.2 Å². The van der Waals surface area contributed by atoms with E-state index in [-0.39, 0.29) is 5.91 Å². The summed E-state index contributed by atoms with van der Waals surface area (Å²) in [5.41, 5.74) is -0.875. The number of carbonyl (C=O) groups excluding carboxylic acids is 1. The molecule has 5 heteroatoms. The molecule has 1 rings (SSSR count). The Morgan fingerprint density at radius 3 is 2.79 bits per heavy atom. The molecule has 1 amide bonds.